The first-order valence-corrected chi connectivity index (χ1v) is 7.74. The minimum absolute atomic E-state index is 1.06. The summed E-state index contributed by atoms with van der Waals surface area (Å²) in [4.78, 5) is 0. The number of unbranched alkanes of at least 4 members (excludes halogenated alkanes) is 5. The third-order valence-corrected chi connectivity index (χ3v) is 3.50. The second-order valence-electron chi connectivity index (χ2n) is 5.19. The second-order valence-corrected chi connectivity index (χ2v) is 5.19. The van der Waals surface area contributed by atoms with Gasteiger partial charge in [0.25, 0.3) is 0 Å². The van der Waals surface area contributed by atoms with Crippen molar-refractivity contribution in [2.45, 2.75) is 45.4 Å². The number of aromatic nitrogens is 2. The Hall–Kier alpha value is -1.77. The van der Waals surface area contributed by atoms with Crippen LogP contribution in [0.15, 0.2) is 42.7 Å². The molecule has 2 rings (SSSR count). The van der Waals surface area contributed by atoms with Crippen LogP contribution < -0.4 is 5.32 Å². The highest BCUT2D eigenvalue weighted by Gasteiger charge is 1.96. The third-order valence-electron chi connectivity index (χ3n) is 3.50. The van der Waals surface area contributed by atoms with Gasteiger partial charge in [0.05, 0.1) is 5.69 Å². The van der Waals surface area contributed by atoms with Crippen molar-refractivity contribution in [2.75, 3.05) is 11.9 Å². The van der Waals surface area contributed by atoms with Crippen molar-refractivity contribution >= 4 is 5.69 Å². The number of nitrogens with one attached hydrogen (secondary N) is 1. The lowest BCUT2D eigenvalue weighted by Gasteiger charge is -2.07. The van der Waals surface area contributed by atoms with E-state index in [1.165, 1.54) is 44.2 Å². The fraction of sp³-hybridized carbons (Fsp3) is 0.471. The maximum Gasteiger partial charge on any atom is 0.0647 e. The van der Waals surface area contributed by atoms with Crippen LogP contribution in [0.1, 0.15) is 45.4 Å². The molecule has 1 heterocycles. The van der Waals surface area contributed by atoms with Crippen molar-refractivity contribution in [3.8, 4) is 5.69 Å². The summed E-state index contributed by atoms with van der Waals surface area (Å²) < 4.78 is 1.87. The molecule has 0 fully saturated rings. The molecule has 0 saturated carbocycles. The smallest absolute Gasteiger partial charge is 0.0647 e. The van der Waals surface area contributed by atoms with Gasteiger partial charge in [0.2, 0.25) is 0 Å². The van der Waals surface area contributed by atoms with Gasteiger partial charge in [-0.3, -0.25) is 0 Å². The molecule has 2 aromatic rings. The molecule has 0 aliphatic heterocycles. The molecule has 0 unspecified atom stereocenters. The molecule has 0 radical (unpaired) electrons. The number of nitrogens with zero attached hydrogens (tertiary/aromatic N) is 2. The molecular weight excluding hydrogens is 246 g/mol. The molecular formula is C17H25N3. The number of anilines is 1. The van der Waals surface area contributed by atoms with E-state index in [1.807, 2.05) is 16.9 Å². The zero-order valence-corrected chi connectivity index (χ0v) is 12.4. The Morgan fingerprint density at radius 1 is 1.00 bits per heavy atom. The average Bonchev–Trinajstić information content (AvgIpc) is 3.01. The van der Waals surface area contributed by atoms with E-state index in [2.05, 4.69) is 41.6 Å². The summed E-state index contributed by atoms with van der Waals surface area (Å²) in [6.07, 6.45) is 11.8. The van der Waals surface area contributed by atoms with Crippen molar-refractivity contribution in [2.24, 2.45) is 0 Å². The SMILES string of the molecule is CCCCCCCCNc1ccc(-n2cccn2)cc1. The largest absolute Gasteiger partial charge is 0.385 e. The average molecular weight is 271 g/mol. The standard InChI is InChI=1S/C17H25N3/c1-2-3-4-5-6-7-13-18-16-9-11-17(12-10-16)20-15-8-14-19-20/h8-12,14-15,18H,2-7,13H2,1H3. The predicted molar refractivity (Wildman–Crippen MR) is 85.4 cm³/mol. The van der Waals surface area contributed by atoms with Crippen molar-refractivity contribution < 1.29 is 0 Å². The molecule has 3 nitrogen and oxygen atoms in total. The summed E-state index contributed by atoms with van der Waals surface area (Å²) in [5.74, 6) is 0. The third kappa shape index (κ3) is 4.72. The highest BCUT2D eigenvalue weighted by Crippen LogP contribution is 2.13. The molecule has 1 aromatic heterocycles. The Kier molecular flexibility index (Phi) is 6.15. The molecule has 20 heavy (non-hydrogen) atoms. The van der Waals surface area contributed by atoms with Gasteiger partial charge in [-0.1, -0.05) is 39.0 Å². The van der Waals surface area contributed by atoms with Crippen LogP contribution in [-0.2, 0) is 0 Å². The molecule has 0 saturated heterocycles. The van der Waals surface area contributed by atoms with Crippen LogP contribution in [-0.4, -0.2) is 16.3 Å². The lowest BCUT2D eigenvalue weighted by atomic mass is 10.1. The summed E-state index contributed by atoms with van der Waals surface area (Å²) in [7, 11) is 0. The van der Waals surface area contributed by atoms with Crippen LogP contribution in [0.3, 0.4) is 0 Å². The van der Waals surface area contributed by atoms with Crippen LogP contribution in [0.2, 0.25) is 0 Å². The topological polar surface area (TPSA) is 29.9 Å². The first-order chi connectivity index (χ1) is 9.90. The van der Waals surface area contributed by atoms with Gasteiger partial charge in [-0.2, -0.15) is 5.10 Å². The zero-order chi connectivity index (χ0) is 14.0. The van der Waals surface area contributed by atoms with E-state index in [1.54, 1.807) is 6.20 Å². The number of hydrogen-bond acceptors (Lipinski definition) is 2. The highest BCUT2D eigenvalue weighted by atomic mass is 15.3. The monoisotopic (exact) mass is 271 g/mol. The maximum absolute atomic E-state index is 4.22. The number of hydrogen-bond donors (Lipinski definition) is 1. The van der Waals surface area contributed by atoms with Gasteiger partial charge in [-0.05, 0) is 36.8 Å². The highest BCUT2D eigenvalue weighted by molar-refractivity contribution is 5.48. The molecule has 108 valence electrons. The van der Waals surface area contributed by atoms with Crippen LogP contribution in [0.4, 0.5) is 5.69 Å². The molecule has 0 aliphatic rings. The van der Waals surface area contributed by atoms with Crippen molar-refractivity contribution in [3.63, 3.8) is 0 Å². The van der Waals surface area contributed by atoms with Crippen molar-refractivity contribution in [1.29, 1.82) is 0 Å². The van der Waals surface area contributed by atoms with E-state index in [0.29, 0.717) is 0 Å². The molecule has 0 aliphatic carbocycles. The number of benzene rings is 1. The molecule has 3 heteroatoms. The van der Waals surface area contributed by atoms with E-state index >= 15 is 0 Å². The van der Waals surface area contributed by atoms with Gasteiger partial charge in [0, 0.05) is 24.6 Å². The van der Waals surface area contributed by atoms with E-state index in [4.69, 9.17) is 0 Å². The first kappa shape index (κ1) is 14.6. The van der Waals surface area contributed by atoms with Gasteiger partial charge >= 0.3 is 0 Å². The van der Waals surface area contributed by atoms with E-state index in [9.17, 15) is 0 Å². The second kappa shape index (κ2) is 8.41. The molecule has 0 atom stereocenters. The predicted octanol–water partition coefficient (Wildman–Crippen LogP) is 4.64. The van der Waals surface area contributed by atoms with Crippen LogP contribution in [0.5, 0.6) is 0 Å². The fourth-order valence-corrected chi connectivity index (χ4v) is 2.29. The Balaban J connectivity index is 1.67. The van der Waals surface area contributed by atoms with Crippen molar-refractivity contribution in [1.82, 2.24) is 9.78 Å². The first-order valence-electron chi connectivity index (χ1n) is 7.74. The molecule has 0 amide bonds. The van der Waals surface area contributed by atoms with E-state index < -0.39 is 0 Å². The Morgan fingerprint density at radius 2 is 1.75 bits per heavy atom. The van der Waals surface area contributed by atoms with Gasteiger partial charge in [-0.25, -0.2) is 4.68 Å². The zero-order valence-electron chi connectivity index (χ0n) is 12.4. The summed E-state index contributed by atoms with van der Waals surface area (Å²) in [6, 6.07) is 10.4. The lowest BCUT2D eigenvalue weighted by molar-refractivity contribution is 0.617. The van der Waals surface area contributed by atoms with Gasteiger partial charge < -0.3 is 5.32 Å². The molecule has 1 aromatic carbocycles. The summed E-state index contributed by atoms with van der Waals surface area (Å²) in [6.45, 7) is 3.32. The normalized spacial score (nSPS) is 10.7. The minimum Gasteiger partial charge on any atom is -0.385 e. The van der Waals surface area contributed by atoms with Gasteiger partial charge in [0.15, 0.2) is 0 Å². The van der Waals surface area contributed by atoms with Crippen LogP contribution in [0.25, 0.3) is 5.69 Å². The maximum atomic E-state index is 4.22. The summed E-state index contributed by atoms with van der Waals surface area (Å²) in [5.41, 5.74) is 2.29. The Labute approximate surface area is 122 Å². The molecule has 1 N–H and O–H groups in total. The van der Waals surface area contributed by atoms with Crippen LogP contribution in [0, 0.1) is 0 Å². The van der Waals surface area contributed by atoms with E-state index in [-0.39, 0.29) is 0 Å². The lowest BCUT2D eigenvalue weighted by Crippen LogP contribution is -2.02. The summed E-state index contributed by atoms with van der Waals surface area (Å²) in [5, 5.41) is 7.70. The molecule has 0 bridgehead atoms. The Morgan fingerprint density at radius 3 is 2.45 bits per heavy atom. The molecule has 0 spiro atoms. The Bertz CT molecular complexity index is 459. The summed E-state index contributed by atoms with van der Waals surface area (Å²) >= 11 is 0. The van der Waals surface area contributed by atoms with Gasteiger partial charge in [0.1, 0.15) is 0 Å². The number of rotatable bonds is 9. The fourth-order valence-electron chi connectivity index (χ4n) is 2.29. The van der Waals surface area contributed by atoms with Crippen molar-refractivity contribution in [3.05, 3.63) is 42.7 Å². The minimum atomic E-state index is 1.06. The van der Waals surface area contributed by atoms with Crippen LogP contribution >= 0.6 is 0 Å². The quantitative estimate of drug-likeness (QED) is 0.673. The van der Waals surface area contributed by atoms with Gasteiger partial charge in [-0.15, -0.1) is 0 Å². The van der Waals surface area contributed by atoms with E-state index in [0.717, 1.165) is 12.2 Å².